The van der Waals surface area contributed by atoms with E-state index in [1.807, 2.05) is 36.4 Å². The molecule has 2 aromatic rings. The summed E-state index contributed by atoms with van der Waals surface area (Å²) in [7, 11) is 1.73. The maximum atomic E-state index is 10.1. The van der Waals surface area contributed by atoms with Gasteiger partial charge in [0.2, 0.25) is 0 Å². The van der Waals surface area contributed by atoms with Gasteiger partial charge in [0.15, 0.2) is 0 Å². The lowest BCUT2D eigenvalue weighted by molar-refractivity contribution is -0.112. The average Bonchev–Trinajstić information content (AvgIpc) is 2.68. The average molecular weight is 394 g/mol. The van der Waals surface area contributed by atoms with Crippen LogP contribution in [-0.4, -0.2) is 70.1 Å². The highest BCUT2D eigenvalue weighted by atomic mass is 32.2. The predicted molar refractivity (Wildman–Crippen MR) is 106 cm³/mol. The van der Waals surface area contributed by atoms with E-state index >= 15 is 0 Å². The van der Waals surface area contributed by atoms with Crippen molar-refractivity contribution in [2.24, 2.45) is 0 Å². The van der Waals surface area contributed by atoms with E-state index < -0.39 is 31.0 Å². The van der Waals surface area contributed by atoms with Crippen LogP contribution in [0, 0.1) is 0 Å². The number of nitrogen functional groups attached to an aromatic ring is 1. The molecule has 0 bridgehead atoms. The number of likely N-dealkylation sites (N-methyl/N-ethyl adjacent to an activating group) is 1. The second-order valence-electron chi connectivity index (χ2n) is 6.32. The molecule has 0 fully saturated rings. The van der Waals surface area contributed by atoms with Gasteiger partial charge < -0.3 is 36.2 Å². The SMILES string of the molecule is CN(CC(O)C(O)C(O)C(O)CO)c1ccc(N)c(Sc2ccccc2)c1. The monoisotopic (exact) mass is 394 g/mol. The molecule has 4 unspecified atom stereocenters. The third-order valence-corrected chi connectivity index (χ3v) is 5.28. The number of rotatable bonds is 9. The highest BCUT2D eigenvalue weighted by Crippen LogP contribution is 2.34. The largest absolute Gasteiger partial charge is 0.398 e. The quantitative estimate of drug-likeness (QED) is 0.335. The van der Waals surface area contributed by atoms with Crippen LogP contribution in [0.1, 0.15) is 0 Å². The molecule has 0 aliphatic rings. The molecule has 0 aromatic heterocycles. The molecule has 7 nitrogen and oxygen atoms in total. The van der Waals surface area contributed by atoms with Crippen LogP contribution >= 0.6 is 11.8 Å². The summed E-state index contributed by atoms with van der Waals surface area (Å²) >= 11 is 1.52. The number of nitrogens with zero attached hydrogens (tertiary/aromatic N) is 1. The van der Waals surface area contributed by atoms with E-state index in [0.29, 0.717) is 5.69 Å². The lowest BCUT2D eigenvalue weighted by Crippen LogP contribution is -2.49. The van der Waals surface area contributed by atoms with Gasteiger partial charge in [0, 0.05) is 34.8 Å². The van der Waals surface area contributed by atoms with Gasteiger partial charge in [0.25, 0.3) is 0 Å². The molecule has 0 amide bonds. The molecular weight excluding hydrogens is 368 g/mol. The normalized spacial score (nSPS) is 15.8. The summed E-state index contributed by atoms with van der Waals surface area (Å²) in [5.74, 6) is 0. The molecule has 0 saturated carbocycles. The van der Waals surface area contributed by atoms with E-state index in [9.17, 15) is 20.4 Å². The number of hydrogen-bond donors (Lipinski definition) is 6. The number of aliphatic hydroxyl groups is 5. The molecule has 0 heterocycles. The maximum absolute atomic E-state index is 10.1. The Morgan fingerprint density at radius 1 is 0.963 bits per heavy atom. The fraction of sp³-hybridized carbons (Fsp3) is 0.368. The van der Waals surface area contributed by atoms with E-state index in [4.69, 9.17) is 10.8 Å². The van der Waals surface area contributed by atoms with Gasteiger partial charge in [-0.1, -0.05) is 30.0 Å². The zero-order chi connectivity index (χ0) is 20.0. The number of nitrogens with two attached hydrogens (primary N) is 1. The molecule has 4 atom stereocenters. The van der Waals surface area contributed by atoms with Crippen LogP contribution in [0.2, 0.25) is 0 Å². The molecule has 27 heavy (non-hydrogen) atoms. The van der Waals surface area contributed by atoms with Crippen molar-refractivity contribution in [3.05, 3.63) is 48.5 Å². The minimum Gasteiger partial charge on any atom is -0.398 e. The Labute approximate surface area is 162 Å². The fourth-order valence-electron chi connectivity index (χ4n) is 2.52. The van der Waals surface area contributed by atoms with Gasteiger partial charge in [-0.25, -0.2) is 0 Å². The van der Waals surface area contributed by atoms with E-state index in [-0.39, 0.29) is 6.54 Å². The van der Waals surface area contributed by atoms with Crippen molar-refractivity contribution >= 4 is 23.1 Å². The van der Waals surface area contributed by atoms with Crippen molar-refractivity contribution in [3.63, 3.8) is 0 Å². The summed E-state index contributed by atoms with van der Waals surface area (Å²) < 4.78 is 0. The Kier molecular flexibility index (Phi) is 7.91. The van der Waals surface area contributed by atoms with Crippen molar-refractivity contribution in [3.8, 4) is 0 Å². The van der Waals surface area contributed by atoms with E-state index in [2.05, 4.69) is 0 Å². The van der Waals surface area contributed by atoms with Crippen LogP contribution in [0.3, 0.4) is 0 Å². The first kappa shape index (κ1) is 21.5. The Hall–Kier alpha value is -1.81. The standard InChI is InChI=1S/C19H26N2O5S/c1-21(10-15(23)18(25)19(26)16(24)11-22)12-7-8-14(20)17(9-12)27-13-5-3-2-4-6-13/h2-9,15-16,18-19,22-26H,10-11,20H2,1H3. The third-order valence-electron chi connectivity index (χ3n) is 4.20. The Balaban J connectivity index is 2.07. The van der Waals surface area contributed by atoms with Crippen LogP contribution in [0.5, 0.6) is 0 Å². The minimum atomic E-state index is -1.64. The smallest absolute Gasteiger partial charge is 0.111 e. The van der Waals surface area contributed by atoms with Crippen LogP contribution in [0.15, 0.2) is 58.3 Å². The molecular formula is C19H26N2O5S. The summed E-state index contributed by atoms with van der Waals surface area (Å²) in [6, 6.07) is 15.2. The molecule has 148 valence electrons. The van der Waals surface area contributed by atoms with Crippen LogP contribution < -0.4 is 10.6 Å². The zero-order valence-corrected chi connectivity index (χ0v) is 15.8. The first-order chi connectivity index (χ1) is 12.8. The van der Waals surface area contributed by atoms with Gasteiger partial charge in [-0.15, -0.1) is 0 Å². The molecule has 2 aromatic carbocycles. The minimum absolute atomic E-state index is 0.00966. The van der Waals surface area contributed by atoms with E-state index in [1.54, 1.807) is 24.1 Å². The molecule has 0 radical (unpaired) electrons. The van der Waals surface area contributed by atoms with Crippen molar-refractivity contribution in [2.75, 3.05) is 30.8 Å². The lowest BCUT2D eigenvalue weighted by Gasteiger charge is -2.29. The summed E-state index contributed by atoms with van der Waals surface area (Å²) in [5.41, 5.74) is 7.46. The molecule has 0 spiro atoms. The second-order valence-corrected chi connectivity index (χ2v) is 7.43. The summed E-state index contributed by atoms with van der Waals surface area (Å²) in [6.45, 7) is -0.700. The number of benzene rings is 2. The van der Waals surface area contributed by atoms with Crippen molar-refractivity contribution < 1.29 is 25.5 Å². The maximum Gasteiger partial charge on any atom is 0.111 e. The number of aliphatic hydroxyl groups excluding tert-OH is 5. The summed E-state index contributed by atoms with van der Waals surface area (Å²) in [5, 5.41) is 48.1. The van der Waals surface area contributed by atoms with Crippen LogP contribution in [0.4, 0.5) is 11.4 Å². The molecule has 0 aliphatic carbocycles. The van der Waals surface area contributed by atoms with Gasteiger partial charge in [-0.2, -0.15) is 0 Å². The van der Waals surface area contributed by atoms with Crippen molar-refractivity contribution in [1.29, 1.82) is 0 Å². The Bertz CT molecular complexity index is 719. The fourth-order valence-corrected chi connectivity index (χ4v) is 3.43. The Morgan fingerprint density at radius 2 is 1.59 bits per heavy atom. The van der Waals surface area contributed by atoms with E-state index in [1.165, 1.54) is 11.8 Å². The highest BCUT2D eigenvalue weighted by molar-refractivity contribution is 7.99. The lowest BCUT2D eigenvalue weighted by atomic mass is 10.0. The van der Waals surface area contributed by atoms with Crippen molar-refractivity contribution in [1.82, 2.24) is 0 Å². The van der Waals surface area contributed by atoms with E-state index in [0.717, 1.165) is 15.5 Å². The zero-order valence-electron chi connectivity index (χ0n) is 15.0. The van der Waals surface area contributed by atoms with Gasteiger partial charge in [-0.05, 0) is 30.3 Å². The van der Waals surface area contributed by atoms with Gasteiger partial charge in [0.05, 0.1) is 12.7 Å². The summed E-state index contributed by atoms with van der Waals surface area (Å²) in [4.78, 5) is 3.61. The first-order valence-corrected chi connectivity index (χ1v) is 9.31. The summed E-state index contributed by atoms with van der Waals surface area (Å²) in [6.07, 6.45) is -6.09. The molecule has 0 saturated heterocycles. The number of anilines is 2. The predicted octanol–water partition coefficient (Wildman–Crippen LogP) is 0.292. The Morgan fingerprint density at radius 3 is 2.22 bits per heavy atom. The second kappa shape index (κ2) is 9.93. The van der Waals surface area contributed by atoms with Crippen LogP contribution in [-0.2, 0) is 0 Å². The topological polar surface area (TPSA) is 130 Å². The van der Waals surface area contributed by atoms with Gasteiger partial charge >= 0.3 is 0 Å². The third kappa shape index (κ3) is 5.83. The van der Waals surface area contributed by atoms with Gasteiger partial charge in [-0.3, -0.25) is 0 Å². The van der Waals surface area contributed by atoms with Gasteiger partial charge in [0.1, 0.15) is 18.3 Å². The molecule has 7 N–H and O–H groups in total. The molecule has 0 aliphatic heterocycles. The first-order valence-electron chi connectivity index (χ1n) is 8.50. The number of hydrogen-bond acceptors (Lipinski definition) is 8. The van der Waals surface area contributed by atoms with Crippen LogP contribution in [0.25, 0.3) is 0 Å². The highest BCUT2D eigenvalue weighted by Gasteiger charge is 2.30. The van der Waals surface area contributed by atoms with Crippen molar-refractivity contribution in [2.45, 2.75) is 34.2 Å². The molecule has 8 heteroatoms. The molecule has 2 rings (SSSR count).